The average Bonchev–Trinajstić information content (AvgIpc) is 3.38. The molecule has 0 aromatic heterocycles. The second-order valence-electron chi connectivity index (χ2n) is 7.73. The van der Waals surface area contributed by atoms with Crippen molar-refractivity contribution in [2.24, 2.45) is 23.7 Å². The van der Waals surface area contributed by atoms with Gasteiger partial charge < -0.3 is 15.4 Å². The molecule has 0 radical (unpaired) electrons. The van der Waals surface area contributed by atoms with Crippen LogP contribution in [0.1, 0.15) is 13.3 Å². The van der Waals surface area contributed by atoms with Crippen LogP contribution in [0.4, 0.5) is 11.4 Å². The molecule has 1 saturated heterocycles. The summed E-state index contributed by atoms with van der Waals surface area (Å²) in [5.74, 6) is -2.85. The van der Waals surface area contributed by atoms with Crippen molar-refractivity contribution >= 4 is 41.0 Å². The lowest BCUT2D eigenvalue weighted by atomic mass is 9.85. The van der Waals surface area contributed by atoms with Crippen molar-refractivity contribution in [3.8, 4) is 0 Å². The standard InChI is InChI=1S/C21H21N3O6/c1-11(25)22-14-4-6-15(7-5-14)23-16(26)10-30-17(27)9-24-20(28)18-12-2-3-13(8-12)19(18)21(24)29/h2-7,12-13,18-19H,8-10H2,1H3,(H,22,25)(H,23,26)/t12-,13-,18+,19+/m0/s1. The normalized spacial score (nSPS) is 26.0. The summed E-state index contributed by atoms with van der Waals surface area (Å²) in [5.41, 5.74) is 1.05. The van der Waals surface area contributed by atoms with Gasteiger partial charge in [-0.25, -0.2) is 0 Å². The van der Waals surface area contributed by atoms with Crippen LogP contribution < -0.4 is 10.6 Å². The second-order valence-corrected chi connectivity index (χ2v) is 7.73. The van der Waals surface area contributed by atoms with Crippen LogP contribution in [0.3, 0.4) is 0 Å². The van der Waals surface area contributed by atoms with Crippen molar-refractivity contribution in [1.29, 1.82) is 0 Å². The van der Waals surface area contributed by atoms with Crippen molar-refractivity contribution < 1.29 is 28.7 Å². The first-order valence-electron chi connectivity index (χ1n) is 9.70. The molecule has 3 aliphatic rings. The SMILES string of the molecule is CC(=O)Nc1ccc(NC(=O)COC(=O)CN2C(=O)[C@H]3[C@H](C2=O)[C@H]2C=C[C@H]3C2)cc1. The largest absolute Gasteiger partial charge is 0.454 e. The van der Waals surface area contributed by atoms with Gasteiger partial charge in [-0.15, -0.1) is 0 Å². The molecular weight excluding hydrogens is 390 g/mol. The van der Waals surface area contributed by atoms with E-state index in [4.69, 9.17) is 4.74 Å². The third-order valence-corrected chi connectivity index (χ3v) is 5.70. The van der Waals surface area contributed by atoms with Gasteiger partial charge in [0, 0.05) is 18.3 Å². The van der Waals surface area contributed by atoms with Crippen LogP contribution >= 0.6 is 0 Å². The van der Waals surface area contributed by atoms with E-state index < -0.39 is 25.0 Å². The molecular formula is C21H21N3O6. The second kappa shape index (κ2) is 7.74. The molecule has 1 aliphatic heterocycles. The number of ether oxygens (including phenoxy) is 1. The van der Waals surface area contributed by atoms with Crippen LogP contribution in [-0.2, 0) is 28.7 Å². The number of imide groups is 1. The highest BCUT2D eigenvalue weighted by Gasteiger charge is 2.59. The minimum Gasteiger partial charge on any atom is -0.454 e. The molecule has 0 unspecified atom stereocenters. The first kappa shape index (κ1) is 19.8. The van der Waals surface area contributed by atoms with Crippen LogP contribution in [0.5, 0.6) is 0 Å². The van der Waals surface area contributed by atoms with E-state index in [1.54, 1.807) is 24.3 Å². The molecule has 4 rings (SSSR count). The zero-order chi connectivity index (χ0) is 21.4. The summed E-state index contributed by atoms with van der Waals surface area (Å²) in [7, 11) is 0. The monoisotopic (exact) mass is 411 g/mol. The van der Waals surface area contributed by atoms with Crippen LogP contribution in [0.25, 0.3) is 0 Å². The molecule has 0 spiro atoms. The summed E-state index contributed by atoms with van der Waals surface area (Å²) in [6.45, 7) is 0.367. The maximum atomic E-state index is 12.6. The lowest BCUT2D eigenvalue weighted by Crippen LogP contribution is -2.38. The van der Waals surface area contributed by atoms with Gasteiger partial charge >= 0.3 is 5.97 Å². The van der Waals surface area contributed by atoms with E-state index in [2.05, 4.69) is 10.6 Å². The molecule has 2 fully saturated rings. The number of carbonyl (C=O) groups excluding carboxylic acids is 5. The molecule has 2 aliphatic carbocycles. The Morgan fingerprint density at radius 3 is 2.03 bits per heavy atom. The molecule has 9 nitrogen and oxygen atoms in total. The minimum absolute atomic E-state index is 0.0697. The Hall–Kier alpha value is -3.49. The Kier molecular flexibility index (Phi) is 5.11. The Morgan fingerprint density at radius 1 is 0.967 bits per heavy atom. The van der Waals surface area contributed by atoms with Crippen molar-refractivity contribution in [3.63, 3.8) is 0 Å². The number of likely N-dealkylation sites (tertiary alicyclic amines) is 1. The van der Waals surface area contributed by atoms with Crippen LogP contribution in [0.2, 0.25) is 0 Å². The first-order valence-corrected chi connectivity index (χ1v) is 9.70. The number of carbonyl (C=O) groups is 5. The molecule has 30 heavy (non-hydrogen) atoms. The molecule has 1 aromatic rings. The quantitative estimate of drug-likeness (QED) is 0.408. The number of fused-ring (bicyclic) bond motifs is 5. The summed E-state index contributed by atoms with van der Waals surface area (Å²) >= 11 is 0. The van der Waals surface area contributed by atoms with Crippen molar-refractivity contribution in [2.75, 3.05) is 23.8 Å². The molecule has 1 saturated carbocycles. The van der Waals surface area contributed by atoms with Gasteiger partial charge in [0.1, 0.15) is 6.54 Å². The highest BCUT2D eigenvalue weighted by Crippen LogP contribution is 2.52. The number of amides is 4. The minimum atomic E-state index is -0.812. The Labute approximate surface area is 172 Å². The number of rotatable bonds is 6. The number of nitrogens with zero attached hydrogens (tertiary/aromatic N) is 1. The van der Waals surface area contributed by atoms with Crippen LogP contribution in [0, 0.1) is 23.7 Å². The van der Waals surface area contributed by atoms with Gasteiger partial charge in [-0.3, -0.25) is 28.9 Å². The number of hydrogen-bond acceptors (Lipinski definition) is 6. The summed E-state index contributed by atoms with van der Waals surface area (Å²) in [5, 5.41) is 5.16. The van der Waals surface area contributed by atoms with E-state index in [0.717, 1.165) is 11.3 Å². The molecule has 2 N–H and O–H groups in total. The highest BCUT2D eigenvalue weighted by molar-refractivity contribution is 6.08. The molecule has 1 heterocycles. The van der Waals surface area contributed by atoms with Gasteiger partial charge in [-0.05, 0) is 42.5 Å². The van der Waals surface area contributed by atoms with Gasteiger partial charge in [0.2, 0.25) is 17.7 Å². The van der Waals surface area contributed by atoms with Crippen LogP contribution in [0.15, 0.2) is 36.4 Å². The van der Waals surface area contributed by atoms with Crippen molar-refractivity contribution in [2.45, 2.75) is 13.3 Å². The Balaban J connectivity index is 1.25. The molecule has 4 atom stereocenters. The molecule has 156 valence electrons. The Bertz CT molecular complexity index is 924. The number of hydrogen-bond donors (Lipinski definition) is 2. The summed E-state index contributed by atoms with van der Waals surface area (Å²) in [4.78, 5) is 61.1. The molecule has 2 bridgehead atoms. The molecule has 9 heteroatoms. The lowest BCUT2D eigenvalue weighted by molar-refractivity contribution is -0.154. The number of allylic oxidation sites excluding steroid dienone is 2. The van der Waals surface area contributed by atoms with E-state index >= 15 is 0 Å². The van der Waals surface area contributed by atoms with E-state index in [0.29, 0.717) is 11.4 Å². The Morgan fingerprint density at radius 2 is 1.50 bits per heavy atom. The van der Waals surface area contributed by atoms with Gasteiger partial charge in [0.05, 0.1) is 11.8 Å². The summed E-state index contributed by atoms with van der Waals surface area (Å²) in [6, 6.07) is 6.42. The fourth-order valence-electron chi connectivity index (χ4n) is 4.48. The lowest BCUT2D eigenvalue weighted by Gasteiger charge is -2.16. The fraction of sp³-hybridized carbons (Fsp3) is 0.381. The van der Waals surface area contributed by atoms with Gasteiger partial charge in [0.15, 0.2) is 6.61 Å². The maximum absolute atomic E-state index is 12.6. The van der Waals surface area contributed by atoms with E-state index in [1.807, 2.05) is 12.2 Å². The maximum Gasteiger partial charge on any atom is 0.326 e. The highest BCUT2D eigenvalue weighted by atomic mass is 16.5. The topological polar surface area (TPSA) is 122 Å². The zero-order valence-electron chi connectivity index (χ0n) is 16.3. The van der Waals surface area contributed by atoms with E-state index in [9.17, 15) is 24.0 Å². The van der Waals surface area contributed by atoms with Gasteiger partial charge in [0.25, 0.3) is 5.91 Å². The van der Waals surface area contributed by atoms with Crippen molar-refractivity contribution in [3.05, 3.63) is 36.4 Å². The van der Waals surface area contributed by atoms with E-state index in [-0.39, 0.29) is 41.4 Å². The average molecular weight is 411 g/mol. The summed E-state index contributed by atoms with van der Waals surface area (Å²) in [6.07, 6.45) is 4.77. The van der Waals surface area contributed by atoms with Crippen LogP contribution in [-0.4, -0.2) is 47.6 Å². The first-order chi connectivity index (χ1) is 14.3. The molecule has 4 amide bonds. The third-order valence-electron chi connectivity index (χ3n) is 5.70. The summed E-state index contributed by atoms with van der Waals surface area (Å²) < 4.78 is 4.93. The van der Waals surface area contributed by atoms with Crippen molar-refractivity contribution in [1.82, 2.24) is 4.90 Å². The number of nitrogens with one attached hydrogen (secondary N) is 2. The van der Waals surface area contributed by atoms with Gasteiger partial charge in [-0.1, -0.05) is 12.2 Å². The predicted octanol–water partition coefficient (Wildman–Crippen LogP) is 0.934. The smallest absolute Gasteiger partial charge is 0.326 e. The predicted molar refractivity (Wildman–Crippen MR) is 105 cm³/mol. The number of esters is 1. The number of anilines is 2. The number of benzene rings is 1. The zero-order valence-corrected chi connectivity index (χ0v) is 16.3. The van der Waals surface area contributed by atoms with E-state index in [1.165, 1.54) is 6.92 Å². The fourth-order valence-corrected chi connectivity index (χ4v) is 4.48. The third kappa shape index (κ3) is 3.70. The molecule has 1 aromatic carbocycles. The van der Waals surface area contributed by atoms with Gasteiger partial charge in [-0.2, -0.15) is 0 Å².